The maximum Gasteiger partial charge on any atom is 0.537 e. The van der Waals surface area contributed by atoms with E-state index in [9.17, 15) is 4.57 Å². The van der Waals surface area contributed by atoms with Crippen molar-refractivity contribution < 1.29 is 4.57 Å². The summed E-state index contributed by atoms with van der Waals surface area (Å²) >= 11 is 0. The number of piperidine rings is 2. The topological polar surface area (TPSA) is 23.6 Å². The molecule has 0 amide bonds. The quantitative estimate of drug-likeness (QED) is 0.661. The number of rotatable bonds is 2. The van der Waals surface area contributed by atoms with E-state index >= 15 is 0 Å². The summed E-state index contributed by atoms with van der Waals surface area (Å²) in [5.41, 5.74) is 0. The molecule has 0 spiro atoms. The zero-order valence-corrected chi connectivity index (χ0v) is 9.72. The number of hydrogen-bond acceptors (Lipinski definition) is 1. The zero-order chi connectivity index (χ0) is 9.80. The fourth-order valence-corrected chi connectivity index (χ4v) is 3.88. The normalized spacial score (nSPS) is 26.3. The molecule has 4 heteroatoms. The molecule has 14 heavy (non-hydrogen) atoms. The predicted molar refractivity (Wildman–Crippen MR) is 58.5 cm³/mol. The highest BCUT2D eigenvalue weighted by molar-refractivity contribution is 7.39. The van der Waals surface area contributed by atoms with Crippen LogP contribution in [-0.2, 0) is 4.57 Å². The van der Waals surface area contributed by atoms with E-state index in [2.05, 4.69) is 9.34 Å². The van der Waals surface area contributed by atoms with Crippen molar-refractivity contribution in [2.45, 2.75) is 38.5 Å². The first-order chi connectivity index (χ1) is 6.88. The van der Waals surface area contributed by atoms with Gasteiger partial charge in [-0.3, -0.25) is 0 Å². The van der Waals surface area contributed by atoms with Gasteiger partial charge in [-0.05, 0) is 30.2 Å². The van der Waals surface area contributed by atoms with Crippen LogP contribution in [-0.4, -0.2) is 35.5 Å². The highest BCUT2D eigenvalue weighted by atomic mass is 31.1. The lowest BCUT2D eigenvalue weighted by molar-refractivity contribution is 0.291. The molecule has 2 saturated heterocycles. The van der Waals surface area contributed by atoms with Crippen LogP contribution in [0, 0.1) is 0 Å². The van der Waals surface area contributed by atoms with Crippen molar-refractivity contribution in [3.8, 4) is 0 Å². The molecule has 2 heterocycles. The minimum Gasteiger partial charge on any atom is -0.0790 e. The van der Waals surface area contributed by atoms with Gasteiger partial charge < -0.3 is 0 Å². The molecule has 0 unspecified atom stereocenters. The molecule has 0 aromatic rings. The summed E-state index contributed by atoms with van der Waals surface area (Å²) in [6, 6.07) is 0. The average molecular weight is 215 g/mol. The van der Waals surface area contributed by atoms with Crippen molar-refractivity contribution in [1.29, 1.82) is 0 Å². The molecule has 2 rings (SSSR count). The van der Waals surface area contributed by atoms with Gasteiger partial charge in [0.15, 0.2) is 0 Å². The second-order valence-corrected chi connectivity index (χ2v) is 5.92. The van der Waals surface area contributed by atoms with E-state index in [-0.39, 0.29) is 0 Å². The summed E-state index contributed by atoms with van der Waals surface area (Å²) in [6.45, 7) is 4.19. The molecule has 0 atom stereocenters. The van der Waals surface area contributed by atoms with Crippen molar-refractivity contribution in [3.63, 3.8) is 0 Å². The first-order valence-corrected chi connectivity index (χ1v) is 7.01. The molecule has 0 saturated carbocycles. The molecule has 0 aliphatic carbocycles. The van der Waals surface area contributed by atoms with Gasteiger partial charge in [0.1, 0.15) is 0 Å². The van der Waals surface area contributed by atoms with Crippen LogP contribution in [0.25, 0.3) is 0 Å². The second kappa shape index (κ2) is 5.20. The Bertz CT molecular complexity index is 178. The van der Waals surface area contributed by atoms with Crippen LogP contribution < -0.4 is 0 Å². The Morgan fingerprint density at radius 3 is 1.36 bits per heavy atom. The van der Waals surface area contributed by atoms with Crippen LogP contribution in [0.15, 0.2) is 0 Å². The van der Waals surface area contributed by atoms with Crippen LogP contribution in [0.3, 0.4) is 0 Å². The van der Waals surface area contributed by atoms with E-state index in [0.29, 0.717) is 0 Å². The minimum atomic E-state index is -1.20. The molecule has 0 aromatic carbocycles. The average Bonchev–Trinajstić information content (AvgIpc) is 2.30. The summed E-state index contributed by atoms with van der Waals surface area (Å²) in [5.74, 6) is 0. The number of hydrogen-bond donors (Lipinski definition) is 0. The zero-order valence-electron chi connectivity index (χ0n) is 8.82. The van der Waals surface area contributed by atoms with E-state index in [4.69, 9.17) is 0 Å². The van der Waals surface area contributed by atoms with E-state index in [1.165, 1.54) is 38.5 Å². The van der Waals surface area contributed by atoms with E-state index < -0.39 is 8.10 Å². The largest absolute Gasteiger partial charge is 0.537 e. The Hall–Kier alpha value is 0.0200. The molecule has 0 N–H and O–H groups in total. The van der Waals surface area contributed by atoms with Gasteiger partial charge in [0.2, 0.25) is 0 Å². The molecule has 2 aliphatic heterocycles. The molecule has 2 fully saturated rings. The standard InChI is InChI=1S/C10H20N2OP/c13-14(11-7-3-1-4-8-11)12-9-5-2-6-10-12/h1-10H2/q+1. The molecule has 0 bridgehead atoms. The Kier molecular flexibility index (Phi) is 3.91. The maximum atomic E-state index is 12.2. The maximum absolute atomic E-state index is 12.2. The van der Waals surface area contributed by atoms with E-state index in [0.717, 1.165) is 26.2 Å². The van der Waals surface area contributed by atoms with Crippen LogP contribution in [0.5, 0.6) is 0 Å². The van der Waals surface area contributed by atoms with Gasteiger partial charge in [0.25, 0.3) is 0 Å². The van der Waals surface area contributed by atoms with Crippen molar-refractivity contribution in [2.75, 3.05) is 26.2 Å². The van der Waals surface area contributed by atoms with Gasteiger partial charge in [-0.2, -0.15) is 0 Å². The van der Waals surface area contributed by atoms with Crippen LogP contribution in [0.1, 0.15) is 38.5 Å². The fourth-order valence-electron chi connectivity index (χ4n) is 2.28. The summed E-state index contributed by atoms with van der Waals surface area (Å²) in [7, 11) is -1.20. The lowest BCUT2D eigenvalue weighted by Gasteiger charge is -2.22. The minimum absolute atomic E-state index is 1.05. The Balaban J connectivity index is 1.85. The molecule has 3 nitrogen and oxygen atoms in total. The van der Waals surface area contributed by atoms with Crippen LogP contribution in [0.2, 0.25) is 0 Å². The van der Waals surface area contributed by atoms with E-state index in [1.807, 2.05) is 0 Å². The fraction of sp³-hybridized carbons (Fsp3) is 1.00. The highest BCUT2D eigenvalue weighted by Gasteiger charge is 2.37. The van der Waals surface area contributed by atoms with Crippen molar-refractivity contribution in [3.05, 3.63) is 0 Å². The Morgan fingerprint density at radius 1 is 0.643 bits per heavy atom. The Morgan fingerprint density at radius 2 is 1.00 bits per heavy atom. The first-order valence-electron chi connectivity index (χ1n) is 5.85. The SMILES string of the molecule is O=[P+](N1CCCCC1)N1CCCCC1. The molecule has 0 aromatic heterocycles. The van der Waals surface area contributed by atoms with Crippen molar-refractivity contribution in [2.24, 2.45) is 0 Å². The second-order valence-electron chi connectivity index (χ2n) is 4.28. The van der Waals surface area contributed by atoms with Crippen molar-refractivity contribution >= 4 is 8.10 Å². The van der Waals surface area contributed by atoms with Gasteiger partial charge in [0.05, 0.1) is 0 Å². The lowest BCUT2D eigenvalue weighted by atomic mass is 10.2. The first kappa shape index (κ1) is 10.5. The third kappa shape index (κ3) is 2.53. The highest BCUT2D eigenvalue weighted by Crippen LogP contribution is 2.36. The molecule has 2 aliphatic rings. The third-order valence-electron chi connectivity index (χ3n) is 3.15. The lowest BCUT2D eigenvalue weighted by Crippen LogP contribution is -2.32. The summed E-state index contributed by atoms with van der Waals surface area (Å²) in [4.78, 5) is 0. The summed E-state index contributed by atoms with van der Waals surface area (Å²) in [6.07, 6.45) is 7.56. The molecular weight excluding hydrogens is 195 g/mol. The van der Waals surface area contributed by atoms with E-state index in [1.54, 1.807) is 0 Å². The smallest absolute Gasteiger partial charge is 0.0790 e. The van der Waals surface area contributed by atoms with Gasteiger partial charge in [0, 0.05) is 26.2 Å². The van der Waals surface area contributed by atoms with Gasteiger partial charge in [-0.1, -0.05) is 22.2 Å². The summed E-state index contributed by atoms with van der Waals surface area (Å²) < 4.78 is 16.5. The van der Waals surface area contributed by atoms with Crippen LogP contribution in [0.4, 0.5) is 0 Å². The summed E-state index contributed by atoms with van der Waals surface area (Å²) in [5, 5.41) is 0. The van der Waals surface area contributed by atoms with Crippen molar-refractivity contribution in [1.82, 2.24) is 9.34 Å². The monoisotopic (exact) mass is 215 g/mol. The van der Waals surface area contributed by atoms with Crippen LogP contribution >= 0.6 is 8.10 Å². The van der Waals surface area contributed by atoms with Gasteiger partial charge in [-0.15, -0.1) is 0 Å². The molecule has 80 valence electrons. The molecular formula is C10H20N2OP+. The molecule has 0 radical (unpaired) electrons. The van der Waals surface area contributed by atoms with Gasteiger partial charge >= 0.3 is 8.10 Å². The van der Waals surface area contributed by atoms with Gasteiger partial charge in [-0.25, -0.2) is 0 Å². The predicted octanol–water partition coefficient (Wildman–Crippen LogP) is 2.62. The third-order valence-corrected chi connectivity index (χ3v) is 4.92. The Labute approximate surface area is 87.3 Å². The number of nitrogens with zero attached hydrogens (tertiary/aromatic N) is 2.